The van der Waals surface area contributed by atoms with Gasteiger partial charge in [-0.05, 0) is 23.5 Å². The van der Waals surface area contributed by atoms with Crippen LogP contribution in [0.3, 0.4) is 0 Å². The maximum atomic E-state index is 14.2. The summed E-state index contributed by atoms with van der Waals surface area (Å²) in [5.41, 5.74) is 1.36. The lowest BCUT2D eigenvalue weighted by molar-refractivity contribution is -0.165. The molecule has 0 spiro atoms. The van der Waals surface area contributed by atoms with Gasteiger partial charge in [0.25, 0.3) is 0 Å². The van der Waals surface area contributed by atoms with E-state index >= 15 is 0 Å². The maximum absolute atomic E-state index is 14.2. The monoisotopic (exact) mass is 582 g/mol. The summed E-state index contributed by atoms with van der Waals surface area (Å²) in [6.45, 7) is 11.8. The number of β-amino-alcohol motifs (C(OH)–C–C–N with tert-alkyl or cyclic N) is 1. The van der Waals surface area contributed by atoms with Gasteiger partial charge in [0.05, 0.1) is 22.2 Å². The van der Waals surface area contributed by atoms with Crippen LogP contribution >= 0.6 is 11.3 Å². The summed E-state index contributed by atoms with van der Waals surface area (Å²) < 4.78 is 42.5. The molecule has 3 N–H and O–H groups in total. The number of alkyl halides is 3. The number of halogens is 3. The molecule has 2 heterocycles. The van der Waals surface area contributed by atoms with E-state index in [-0.39, 0.29) is 18.5 Å². The predicted octanol–water partition coefficient (Wildman–Crippen LogP) is 4.38. The summed E-state index contributed by atoms with van der Waals surface area (Å²) in [5, 5.41) is 15.1. The van der Waals surface area contributed by atoms with Crippen molar-refractivity contribution in [1.82, 2.24) is 20.5 Å². The van der Waals surface area contributed by atoms with Gasteiger partial charge in [0.2, 0.25) is 17.7 Å². The Morgan fingerprint density at radius 1 is 1.05 bits per heavy atom. The number of aromatic nitrogens is 1. The van der Waals surface area contributed by atoms with Crippen LogP contribution in [0.4, 0.5) is 13.2 Å². The van der Waals surface area contributed by atoms with Crippen molar-refractivity contribution in [2.75, 3.05) is 6.54 Å². The van der Waals surface area contributed by atoms with E-state index in [9.17, 15) is 32.7 Å². The average molecular weight is 583 g/mol. The molecule has 8 nitrogen and oxygen atoms in total. The first-order valence-corrected chi connectivity index (χ1v) is 13.9. The van der Waals surface area contributed by atoms with Crippen LogP contribution in [0, 0.1) is 17.8 Å². The van der Waals surface area contributed by atoms with Crippen LogP contribution in [-0.4, -0.2) is 63.6 Å². The molecule has 1 aromatic heterocycles. The second kappa shape index (κ2) is 11.5. The number of hydrogen-bond acceptors (Lipinski definition) is 6. The molecular formula is C28H37F3N4O4S. The highest BCUT2D eigenvalue weighted by Gasteiger charge is 2.48. The molecule has 0 saturated carbocycles. The van der Waals surface area contributed by atoms with Gasteiger partial charge in [-0.1, -0.05) is 65.8 Å². The highest BCUT2D eigenvalue weighted by molar-refractivity contribution is 7.13. The summed E-state index contributed by atoms with van der Waals surface area (Å²) in [6.07, 6.45) is -6.15. The number of likely N-dealkylation sites (tertiary alicyclic amines) is 1. The maximum Gasteiger partial charge on any atom is 0.412 e. The van der Waals surface area contributed by atoms with Crippen LogP contribution in [0.2, 0.25) is 0 Å². The number of amides is 3. The number of thiazole rings is 1. The molecule has 0 bridgehead atoms. The van der Waals surface area contributed by atoms with Crippen LogP contribution in [0.1, 0.15) is 65.3 Å². The summed E-state index contributed by atoms with van der Waals surface area (Å²) in [4.78, 5) is 45.7. The Balaban J connectivity index is 1.86. The first kappa shape index (κ1) is 31.5. The Morgan fingerprint density at radius 3 is 2.12 bits per heavy atom. The van der Waals surface area contributed by atoms with Crippen molar-refractivity contribution >= 4 is 29.1 Å². The zero-order valence-electron chi connectivity index (χ0n) is 23.7. The molecule has 3 amide bonds. The second-order valence-electron chi connectivity index (χ2n) is 12.3. The molecule has 1 aromatic carbocycles. The number of benzene rings is 1. The number of hydrogen-bond donors (Lipinski definition) is 3. The van der Waals surface area contributed by atoms with E-state index in [2.05, 4.69) is 15.6 Å². The third-order valence-corrected chi connectivity index (χ3v) is 7.78. The van der Waals surface area contributed by atoms with Crippen LogP contribution < -0.4 is 10.6 Å². The van der Waals surface area contributed by atoms with Gasteiger partial charge in [-0.3, -0.25) is 14.4 Å². The molecule has 40 heavy (non-hydrogen) atoms. The molecular weight excluding hydrogens is 545 g/mol. The van der Waals surface area contributed by atoms with E-state index in [0.29, 0.717) is 5.56 Å². The average Bonchev–Trinajstić information content (AvgIpc) is 3.43. The summed E-state index contributed by atoms with van der Waals surface area (Å²) in [6, 6.07) is 0.950. The zero-order chi connectivity index (χ0) is 30.2. The van der Waals surface area contributed by atoms with Gasteiger partial charge in [-0.25, -0.2) is 4.98 Å². The molecule has 3 rings (SSSR count). The lowest BCUT2D eigenvalue weighted by Crippen LogP contribution is -2.59. The van der Waals surface area contributed by atoms with Crippen LogP contribution in [-0.2, 0) is 14.4 Å². The van der Waals surface area contributed by atoms with E-state index in [1.54, 1.807) is 66.1 Å². The molecule has 220 valence electrons. The van der Waals surface area contributed by atoms with Crippen molar-refractivity contribution in [2.24, 2.45) is 10.8 Å². The van der Waals surface area contributed by atoms with E-state index in [4.69, 9.17) is 0 Å². The Morgan fingerprint density at radius 2 is 1.65 bits per heavy atom. The zero-order valence-corrected chi connectivity index (χ0v) is 24.5. The van der Waals surface area contributed by atoms with E-state index in [1.165, 1.54) is 23.5 Å². The van der Waals surface area contributed by atoms with Crippen LogP contribution in [0.15, 0.2) is 29.8 Å². The largest absolute Gasteiger partial charge is 0.412 e. The van der Waals surface area contributed by atoms with Crippen molar-refractivity contribution in [1.29, 1.82) is 0 Å². The minimum Gasteiger partial charge on any atom is -0.391 e. The Labute approximate surface area is 236 Å². The van der Waals surface area contributed by atoms with Crippen molar-refractivity contribution in [3.8, 4) is 10.4 Å². The third kappa shape index (κ3) is 7.20. The fourth-order valence-electron chi connectivity index (χ4n) is 4.47. The molecule has 1 fully saturated rings. The minimum atomic E-state index is -4.82. The van der Waals surface area contributed by atoms with Gasteiger partial charge in [-0.2, -0.15) is 13.2 Å². The first-order chi connectivity index (χ1) is 18.3. The number of aliphatic hydroxyl groups excluding tert-OH is 1. The van der Waals surface area contributed by atoms with Crippen molar-refractivity contribution < 1.29 is 32.7 Å². The predicted molar refractivity (Wildman–Crippen MR) is 146 cm³/mol. The number of carbonyl (C=O) groups is 3. The van der Waals surface area contributed by atoms with Crippen LogP contribution in [0.5, 0.6) is 0 Å². The van der Waals surface area contributed by atoms with Crippen molar-refractivity contribution in [3.05, 3.63) is 41.0 Å². The smallest absolute Gasteiger partial charge is 0.391 e. The lowest BCUT2D eigenvalue weighted by atomic mass is 9.84. The van der Waals surface area contributed by atoms with Gasteiger partial charge in [0.15, 0.2) is 6.04 Å². The van der Waals surface area contributed by atoms with E-state index in [1.807, 2.05) is 0 Å². The summed E-state index contributed by atoms with van der Waals surface area (Å²) >= 11 is 1.37. The SMILES string of the molecule is Cc1ncsc1-c1ccc(C(NC(=O)[C@H]2C[C@H](O)CN2C(=O)[C@H](NC(=O)C(C)(C)C)C(C)(C)C)C(F)(F)F)cc1. The molecule has 2 aromatic rings. The van der Waals surface area contributed by atoms with E-state index < -0.39 is 59.0 Å². The standard InChI is InChI=1S/C28H37F3N4O4S/c1-15-20(40-14-32-15)16-8-10-17(11-9-16)21(28(29,30)31)33-23(37)19-12-18(36)13-35(19)24(38)22(26(2,3)4)34-25(39)27(5,6)7/h8-11,14,18-19,21-22,36H,12-13H2,1-7H3,(H,33,37)(H,34,39)/t18-,19+,21?,22-/m0/s1. The lowest BCUT2D eigenvalue weighted by Gasteiger charge is -2.37. The quantitative estimate of drug-likeness (QED) is 0.468. The van der Waals surface area contributed by atoms with Crippen LogP contribution in [0.25, 0.3) is 10.4 Å². The number of aliphatic hydroxyl groups is 1. The molecule has 1 unspecified atom stereocenters. The van der Waals surface area contributed by atoms with Crippen molar-refractivity contribution in [2.45, 2.75) is 85.3 Å². The Hall–Kier alpha value is -2.99. The number of nitrogens with one attached hydrogen (secondary N) is 2. The summed E-state index contributed by atoms with van der Waals surface area (Å²) in [5.74, 6) is -2.07. The van der Waals surface area contributed by atoms with Gasteiger partial charge < -0.3 is 20.6 Å². The van der Waals surface area contributed by atoms with Gasteiger partial charge in [0.1, 0.15) is 12.1 Å². The van der Waals surface area contributed by atoms with Gasteiger partial charge >= 0.3 is 6.18 Å². The molecule has 0 aliphatic carbocycles. The minimum absolute atomic E-state index is 0.173. The van der Waals surface area contributed by atoms with E-state index in [0.717, 1.165) is 15.5 Å². The fraction of sp³-hybridized carbons (Fsp3) is 0.571. The number of aryl methyl sites for hydroxylation is 1. The third-order valence-electron chi connectivity index (χ3n) is 6.80. The number of nitrogens with zero attached hydrogens (tertiary/aromatic N) is 2. The Bertz CT molecular complexity index is 1230. The number of rotatable bonds is 6. The first-order valence-electron chi connectivity index (χ1n) is 13.0. The van der Waals surface area contributed by atoms with Gasteiger partial charge in [-0.15, -0.1) is 11.3 Å². The second-order valence-corrected chi connectivity index (χ2v) is 13.1. The van der Waals surface area contributed by atoms with Gasteiger partial charge in [0, 0.05) is 18.4 Å². The Kier molecular flexibility index (Phi) is 9.05. The molecule has 12 heteroatoms. The topological polar surface area (TPSA) is 112 Å². The number of carbonyl (C=O) groups excluding carboxylic acids is 3. The molecule has 1 aliphatic rings. The molecule has 4 atom stereocenters. The fourth-order valence-corrected chi connectivity index (χ4v) is 5.28. The molecule has 1 aliphatic heterocycles. The molecule has 0 radical (unpaired) electrons. The molecule has 1 saturated heterocycles. The highest BCUT2D eigenvalue weighted by Crippen LogP contribution is 2.36. The summed E-state index contributed by atoms with van der Waals surface area (Å²) in [7, 11) is 0. The normalized spacial score (nSPS) is 19.7. The highest BCUT2D eigenvalue weighted by atomic mass is 32.1. The van der Waals surface area contributed by atoms with Crippen molar-refractivity contribution in [3.63, 3.8) is 0 Å².